The predicted molar refractivity (Wildman–Crippen MR) is 138 cm³/mol. The fraction of sp³-hybridized carbons (Fsp3) is 0.593. The van der Waals surface area contributed by atoms with E-state index in [1.807, 2.05) is 19.9 Å². The Bertz CT molecular complexity index is 1090. The Kier molecular flexibility index (Phi) is 8.48. The third kappa shape index (κ3) is 5.28. The van der Waals surface area contributed by atoms with Crippen molar-refractivity contribution in [3.05, 3.63) is 45.4 Å². The normalized spacial score (nSPS) is 22.3. The summed E-state index contributed by atoms with van der Waals surface area (Å²) in [7, 11) is 3.15. The number of aromatic nitrogens is 1. The van der Waals surface area contributed by atoms with Crippen LogP contribution in [0.1, 0.15) is 79.3 Å². The summed E-state index contributed by atoms with van der Waals surface area (Å²) < 4.78 is 10.9. The summed E-state index contributed by atoms with van der Waals surface area (Å²) in [5.41, 5.74) is -0.395. The molecule has 1 amide bonds. The molecule has 8 nitrogen and oxygen atoms in total. The second-order valence-electron chi connectivity index (χ2n) is 11.0. The minimum absolute atomic E-state index is 0.00708. The maximum Gasteiger partial charge on any atom is 0.329 e. The summed E-state index contributed by atoms with van der Waals surface area (Å²) >= 11 is 1.38. The van der Waals surface area contributed by atoms with E-state index in [1.165, 1.54) is 16.2 Å². The molecule has 0 unspecified atom stereocenters. The van der Waals surface area contributed by atoms with E-state index in [1.54, 1.807) is 32.5 Å². The number of thiazole rings is 1. The van der Waals surface area contributed by atoms with Crippen molar-refractivity contribution < 1.29 is 29.3 Å². The van der Waals surface area contributed by atoms with Crippen LogP contribution in [0.15, 0.2) is 24.4 Å². The van der Waals surface area contributed by atoms with Gasteiger partial charge < -0.3 is 24.6 Å². The molecule has 3 rings (SSSR count). The number of carbonyl (C=O) groups excluding carboxylic acids is 1. The van der Waals surface area contributed by atoms with Crippen molar-refractivity contribution in [2.24, 2.45) is 11.8 Å². The Morgan fingerprint density at radius 2 is 1.97 bits per heavy atom. The summed E-state index contributed by atoms with van der Waals surface area (Å²) in [6, 6.07) is 4.61. The number of carbonyl (C=O) groups is 2. The number of benzene rings is 1. The highest BCUT2D eigenvalue weighted by molar-refractivity contribution is 7.11. The molecule has 0 spiro atoms. The average molecular weight is 519 g/mol. The molecule has 0 radical (unpaired) electrons. The van der Waals surface area contributed by atoms with Gasteiger partial charge in [-0.3, -0.25) is 4.79 Å². The summed E-state index contributed by atoms with van der Waals surface area (Å²) in [6.45, 7) is 10.2. The largest absolute Gasteiger partial charge is 0.496 e. The minimum atomic E-state index is -1.48. The number of likely N-dealkylation sites (tertiary alicyclic amines) is 1. The molecule has 1 aromatic carbocycles. The summed E-state index contributed by atoms with van der Waals surface area (Å²) in [4.78, 5) is 34.0. The van der Waals surface area contributed by atoms with Crippen LogP contribution in [-0.4, -0.2) is 58.3 Å². The molecule has 2 heterocycles. The number of carboxylic acids is 1. The highest BCUT2D eigenvalue weighted by Crippen LogP contribution is 2.51. The molecular formula is C27H38N2O6S. The molecule has 2 N–H and O–H groups in total. The van der Waals surface area contributed by atoms with Gasteiger partial charge in [0.15, 0.2) is 0 Å². The number of rotatable bonds is 9. The third-order valence-corrected chi connectivity index (χ3v) is 7.79. The van der Waals surface area contributed by atoms with Crippen molar-refractivity contribution in [1.29, 1.82) is 0 Å². The first kappa shape index (κ1) is 28.1. The number of nitrogens with zero attached hydrogens (tertiary/aromatic N) is 2. The molecular weight excluding hydrogens is 480 g/mol. The monoisotopic (exact) mass is 518 g/mol. The zero-order chi connectivity index (χ0) is 26.8. The van der Waals surface area contributed by atoms with Gasteiger partial charge in [0.2, 0.25) is 0 Å². The van der Waals surface area contributed by atoms with Gasteiger partial charge in [0, 0.05) is 31.4 Å². The number of aliphatic hydroxyl groups excluding tert-OH is 1. The van der Waals surface area contributed by atoms with Gasteiger partial charge in [-0.05, 0) is 41.9 Å². The van der Waals surface area contributed by atoms with Crippen LogP contribution in [-0.2, 0) is 21.6 Å². The molecule has 0 bridgehead atoms. The van der Waals surface area contributed by atoms with E-state index in [-0.39, 0.29) is 30.8 Å². The number of aliphatic carboxylic acids is 1. The van der Waals surface area contributed by atoms with E-state index in [0.29, 0.717) is 22.9 Å². The molecule has 9 heteroatoms. The quantitative estimate of drug-likeness (QED) is 0.497. The molecule has 3 atom stereocenters. The van der Waals surface area contributed by atoms with E-state index < -0.39 is 29.4 Å². The second kappa shape index (κ2) is 10.9. The molecule has 36 heavy (non-hydrogen) atoms. The molecule has 0 aliphatic carbocycles. The van der Waals surface area contributed by atoms with Crippen molar-refractivity contribution in [3.8, 4) is 5.75 Å². The summed E-state index contributed by atoms with van der Waals surface area (Å²) in [6.07, 6.45) is 2.09. The highest BCUT2D eigenvalue weighted by Gasteiger charge is 2.59. The fourth-order valence-corrected chi connectivity index (χ4v) is 6.38. The number of methoxy groups -OCH3 is 2. The molecule has 1 fully saturated rings. The number of carboxylic acid groups (broad SMARTS) is 1. The topological polar surface area (TPSA) is 109 Å². The van der Waals surface area contributed by atoms with Crippen LogP contribution < -0.4 is 4.74 Å². The summed E-state index contributed by atoms with van der Waals surface area (Å²) in [5, 5.41) is 21.5. The van der Waals surface area contributed by atoms with Crippen LogP contribution >= 0.6 is 11.3 Å². The molecule has 1 saturated heterocycles. The Hall–Kier alpha value is -2.49. The fourth-order valence-electron chi connectivity index (χ4n) is 5.30. The van der Waals surface area contributed by atoms with Gasteiger partial charge in [-0.25, -0.2) is 9.78 Å². The van der Waals surface area contributed by atoms with Crippen LogP contribution in [0.4, 0.5) is 0 Å². The standard InChI is InChI=1S/C27H38N2O6S/c1-16(2)11-27(25(32)33)12-18(14-30)22(23-28-13-19(36-23)15-34-6)29(27)24(31)17-8-9-20(26(3,4)5)21(10-17)35-7/h8-10,13,16,18,22,30H,11-12,14-15H2,1-7H3,(H,32,33)/t18-,22-,27+/m1/s1. The smallest absolute Gasteiger partial charge is 0.329 e. The SMILES string of the molecule is COCc1cnc([C@H]2[C@@H](CO)C[C@@](CC(C)C)(C(=O)O)N2C(=O)c2ccc(C(C)(C)C)c(OC)c2)s1. The Balaban J connectivity index is 2.20. The first-order valence-corrected chi connectivity index (χ1v) is 13.0. The molecule has 2 aromatic rings. The second-order valence-corrected chi connectivity index (χ2v) is 12.1. The van der Waals surface area contributed by atoms with Gasteiger partial charge in [-0.15, -0.1) is 11.3 Å². The zero-order valence-corrected chi connectivity index (χ0v) is 23.0. The first-order chi connectivity index (χ1) is 16.9. The lowest BCUT2D eigenvalue weighted by Gasteiger charge is -2.39. The lowest BCUT2D eigenvalue weighted by atomic mass is 9.83. The van der Waals surface area contributed by atoms with Gasteiger partial charge in [-0.2, -0.15) is 0 Å². The number of hydrogen-bond acceptors (Lipinski definition) is 7. The van der Waals surface area contributed by atoms with E-state index in [4.69, 9.17) is 9.47 Å². The average Bonchev–Trinajstić information content (AvgIpc) is 3.40. The predicted octanol–water partition coefficient (Wildman–Crippen LogP) is 4.66. The van der Waals surface area contributed by atoms with Crippen LogP contribution in [0.5, 0.6) is 5.75 Å². The van der Waals surface area contributed by atoms with Gasteiger partial charge in [-0.1, -0.05) is 40.7 Å². The highest BCUT2D eigenvalue weighted by atomic mass is 32.1. The van der Waals surface area contributed by atoms with Crippen molar-refractivity contribution in [2.45, 2.75) is 71.1 Å². The third-order valence-electron chi connectivity index (χ3n) is 6.75. The molecule has 1 aliphatic heterocycles. The maximum atomic E-state index is 14.2. The number of ether oxygens (including phenoxy) is 2. The van der Waals surface area contributed by atoms with Crippen molar-refractivity contribution >= 4 is 23.2 Å². The Labute approximate surface area is 217 Å². The van der Waals surface area contributed by atoms with Gasteiger partial charge in [0.05, 0.1) is 24.6 Å². The van der Waals surface area contributed by atoms with E-state index in [2.05, 4.69) is 25.8 Å². The van der Waals surface area contributed by atoms with E-state index in [9.17, 15) is 19.8 Å². The van der Waals surface area contributed by atoms with E-state index in [0.717, 1.165) is 10.4 Å². The van der Waals surface area contributed by atoms with Gasteiger partial charge >= 0.3 is 5.97 Å². The number of amides is 1. The van der Waals surface area contributed by atoms with Gasteiger partial charge in [0.25, 0.3) is 5.91 Å². The first-order valence-electron chi connectivity index (χ1n) is 12.2. The van der Waals surface area contributed by atoms with Crippen molar-refractivity contribution in [3.63, 3.8) is 0 Å². The zero-order valence-electron chi connectivity index (χ0n) is 22.2. The summed E-state index contributed by atoms with van der Waals surface area (Å²) in [5.74, 6) is -1.38. The number of hydrogen-bond donors (Lipinski definition) is 2. The van der Waals surface area contributed by atoms with Crippen LogP contribution in [0, 0.1) is 11.8 Å². The lowest BCUT2D eigenvalue weighted by molar-refractivity contribution is -0.150. The molecule has 0 saturated carbocycles. The van der Waals surface area contributed by atoms with E-state index >= 15 is 0 Å². The molecule has 198 valence electrons. The maximum absolute atomic E-state index is 14.2. The minimum Gasteiger partial charge on any atom is -0.496 e. The van der Waals surface area contributed by atoms with Crippen LogP contribution in [0.2, 0.25) is 0 Å². The van der Waals surface area contributed by atoms with Crippen LogP contribution in [0.3, 0.4) is 0 Å². The van der Waals surface area contributed by atoms with Crippen molar-refractivity contribution in [2.75, 3.05) is 20.8 Å². The van der Waals surface area contributed by atoms with Crippen LogP contribution in [0.25, 0.3) is 0 Å². The Morgan fingerprint density at radius 3 is 2.50 bits per heavy atom. The van der Waals surface area contributed by atoms with Gasteiger partial charge in [0.1, 0.15) is 16.3 Å². The molecule has 1 aliphatic rings. The molecule has 1 aromatic heterocycles. The lowest BCUT2D eigenvalue weighted by Crippen LogP contribution is -2.54. The number of aliphatic hydroxyl groups is 1. The van der Waals surface area contributed by atoms with Crippen molar-refractivity contribution in [1.82, 2.24) is 9.88 Å². The Morgan fingerprint density at radius 1 is 1.28 bits per heavy atom.